The number of nitrogens with zero attached hydrogens (tertiary/aromatic N) is 2. The maximum atomic E-state index is 12.5. The van der Waals surface area contributed by atoms with Gasteiger partial charge in [-0.2, -0.15) is 5.26 Å². The molecule has 0 saturated heterocycles. The largest absolute Gasteiger partial charge is 0.323 e. The molecule has 0 aliphatic rings. The Balaban J connectivity index is 2.33. The lowest BCUT2D eigenvalue weighted by Crippen LogP contribution is -2.38. The van der Waals surface area contributed by atoms with Crippen molar-refractivity contribution in [1.82, 2.24) is 0 Å². The van der Waals surface area contributed by atoms with E-state index in [1.807, 2.05) is 32.0 Å². The normalized spacial score (nSPS) is 11.0. The number of benzene rings is 2. The number of carbonyl (C=O) groups excluding carboxylic acids is 1. The Morgan fingerprint density at radius 2 is 1.77 bits per heavy atom. The molecule has 0 heterocycles. The molecule has 0 bridgehead atoms. The molecule has 2 aromatic carbocycles. The van der Waals surface area contributed by atoms with E-state index in [4.69, 9.17) is 5.26 Å². The van der Waals surface area contributed by atoms with Crippen LogP contribution in [-0.4, -0.2) is 27.1 Å². The highest BCUT2D eigenvalue weighted by atomic mass is 32.2. The van der Waals surface area contributed by atoms with Gasteiger partial charge in [0.25, 0.3) is 0 Å². The first kappa shape index (κ1) is 19.5. The molecular weight excluding hydrogens is 350 g/mol. The fourth-order valence-corrected chi connectivity index (χ4v) is 3.47. The molecule has 1 N–H and O–H groups in total. The molecular formula is C19H21N3O3S. The van der Waals surface area contributed by atoms with Gasteiger partial charge in [0.1, 0.15) is 12.6 Å². The number of hydrogen-bond donors (Lipinski definition) is 1. The van der Waals surface area contributed by atoms with Crippen molar-refractivity contribution in [3.63, 3.8) is 0 Å². The van der Waals surface area contributed by atoms with E-state index in [0.717, 1.165) is 16.1 Å². The molecule has 0 fully saturated rings. The molecule has 6 nitrogen and oxygen atoms in total. The number of nitriles is 1. The lowest BCUT2D eigenvalue weighted by atomic mass is 10.0. The van der Waals surface area contributed by atoms with E-state index in [2.05, 4.69) is 5.32 Å². The van der Waals surface area contributed by atoms with Crippen LogP contribution in [0.5, 0.6) is 0 Å². The molecule has 0 radical (unpaired) electrons. The number of rotatable bonds is 6. The number of sulfonamides is 1. The van der Waals surface area contributed by atoms with Gasteiger partial charge >= 0.3 is 0 Å². The minimum atomic E-state index is -3.67. The van der Waals surface area contributed by atoms with E-state index in [1.54, 1.807) is 36.4 Å². The number of carbonyl (C=O) groups is 1. The second-order valence-corrected chi connectivity index (χ2v) is 8.10. The molecule has 136 valence electrons. The highest BCUT2D eigenvalue weighted by Gasteiger charge is 2.24. The zero-order valence-corrected chi connectivity index (χ0v) is 15.7. The smallest absolute Gasteiger partial charge is 0.245 e. The van der Waals surface area contributed by atoms with Crippen LogP contribution in [0.3, 0.4) is 0 Å². The minimum absolute atomic E-state index is 0.0952. The number of para-hydroxylation sites is 2. The Hall–Kier alpha value is -2.85. The predicted octanol–water partition coefficient (Wildman–Crippen LogP) is 3.09. The summed E-state index contributed by atoms with van der Waals surface area (Å²) in [6, 6.07) is 15.7. The van der Waals surface area contributed by atoms with Crippen molar-refractivity contribution in [2.45, 2.75) is 19.8 Å². The summed E-state index contributed by atoms with van der Waals surface area (Å²) in [6.45, 7) is 3.55. The molecule has 0 atom stereocenters. The van der Waals surface area contributed by atoms with Gasteiger partial charge < -0.3 is 5.32 Å². The maximum absolute atomic E-state index is 12.5. The van der Waals surface area contributed by atoms with Crippen molar-refractivity contribution in [1.29, 1.82) is 5.26 Å². The highest BCUT2D eigenvalue weighted by molar-refractivity contribution is 7.92. The third-order valence-corrected chi connectivity index (χ3v) is 4.96. The minimum Gasteiger partial charge on any atom is -0.323 e. The summed E-state index contributed by atoms with van der Waals surface area (Å²) in [5, 5.41) is 11.7. The first-order valence-corrected chi connectivity index (χ1v) is 9.94. The lowest BCUT2D eigenvalue weighted by Gasteiger charge is -2.25. The summed E-state index contributed by atoms with van der Waals surface area (Å²) in [5.74, 6) is -0.422. The molecule has 0 unspecified atom stereocenters. The Morgan fingerprint density at radius 3 is 2.38 bits per heavy atom. The van der Waals surface area contributed by atoms with E-state index in [9.17, 15) is 13.2 Å². The van der Waals surface area contributed by atoms with Gasteiger partial charge in [0, 0.05) is 0 Å². The van der Waals surface area contributed by atoms with Gasteiger partial charge in [-0.1, -0.05) is 44.2 Å². The molecule has 0 aromatic heterocycles. The van der Waals surface area contributed by atoms with Gasteiger partial charge in [0.2, 0.25) is 15.9 Å². The van der Waals surface area contributed by atoms with Crippen molar-refractivity contribution in [2.75, 3.05) is 22.4 Å². The van der Waals surface area contributed by atoms with E-state index in [0.29, 0.717) is 16.9 Å². The fourth-order valence-electron chi connectivity index (χ4n) is 2.59. The number of amides is 1. The molecule has 26 heavy (non-hydrogen) atoms. The molecule has 0 aliphatic heterocycles. The predicted molar refractivity (Wildman–Crippen MR) is 103 cm³/mol. The average molecular weight is 371 g/mol. The van der Waals surface area contributed by atoms with Gasteiger partial charge in [-0.3, -0.25) is 9.10 Å². The zero-order valence-electron chi connectivity index (χ0n) is 14.9. The SMILES string of the molecule is CC(C)c1ccccc1N(CC(=O)Nc1ccccc1C#N)S(C)(=O)=O. The summed E-state index contributed by atoms with van der Waals surface area (Å²) in [6.07, 6.45) is 1.07. The van der Waals surface area contributed by atoms with Crippen LogP contribution < -0.4 is 9.62 Å². The van der Waals surface area contributed by atoms with E-state index >= 15 is 0 Å². The molecule has 2 rings (SSSR count). The molecule has 0 spiro atoms. The molecule has 0 saturated carbocycles. The van der Waals surface area contributed by atoms with Crippen LogP contribution in [0.1, 0.15) is 30.9 Å². The fraction of sp³-hybridized carbons (Fsp3) is 0.263. The second-order valence-electron chi connectivity index (χ2n) is 6.19. The summed E-state index contributed by atoms with van der Waals surface area (Å²) >= 11 is 0. The van der Waals surface area contributed by atoms with Gasteiger partial charge in [-0.25, -0.2) is 8.42 Å². The second kappa shape index (κ2) is 8.02. The van der Waals surface area contributed by atoms with Gasteiger partial charge in [-0.05, 0) is 29.7 Å². The van der Waals surface area contributed by atoms with Gasteiger partial charge in [0.15, 0.2) is 0 Å². The van der Waals surface area contributed by atoms with Crippen molar-refractivity contribution in [2.24, 2.45) is 0 Å². The van der Waals surface area contributed by atoms with Crippen molar-refractivity contribution in [3.8, 4) is 6.07 Å². The topological polar surface area (TPSA) is 90.3 Å². The highest BCUT2D eigenvalue weighted by Crippen LogP contribution is 2.29. The van der Waals surface area contributed by atoms with E-state index < -0.39 is 15.9 Å². The molecule has 7 heteroatoms. The van der Waals surface area contributed by atoms with Crippen LogP contribution in [0.25, 0.3) is 0 Å². The standard InChI is InChI=1S/C19H21N3O3S/c1-14(2)16-9-5-7-11-18(16)22(26(3,24)25)13-19(23)21-17-10-6-4-8-15(17)12-20/h4-11,14H,13H2,1-3H3,(H,21,23). The van der Waals surface area contributed by atoms with Crippen LogP contribution in [0.4, 0.5) is 11.4 Å². The Morgan fingerprint density at radius 1 is 1.15 bits per heavy atom. The van der Waals surface area contributed by atoms with Gasteiger partial charge in [-0.15, -0.1) is 0 Å². The van der Waals surface area contributed by atoms with E-state index in [-0.39, 0.29) is 12.5 Å². The van der Waals surface area contributed by atoms with Crippen molar-refractivity contribution < 1.29 is 13.2 Å². The zero-order chi connectivity index (χ0) is 19.3. The first-order chi connectivity index (χ1) is 12.2. The Bertz CT molecular complexity index is 946. The number of anilines is 2. The summed E-state index contributed by atoms with van der Waals surface area (Å²) in [4.78, 5) is 12.5. The monoisotopic (exact) mass is 371 g/mol. The third-order valence-electron chi connectivity index (χ3n) is 3.84. The molecule has 1 amide bonds. The first-order valence-electron chi connectivity index (χ1n) is 8.09. The Labute approximate surface area is 154 Å². The van der Waals surface area contributed by atoms with Crippen LogP contribution in [-0.2, 0) is 14.8 Å². The summed E-state index contributed by atoms with van der Waals surface area (Å²) in [7, 11) is -3.67. The number of nitrogens with one attached hydrogen (secondary N) is 1. The molecule has 2 aromatic rings. The van der Waals surface area contributed by atoms with Crippen molar-refractivity contribution in [3.05, 3.63) is 59.7 Å². The summed E-state index contributed by atoms with van der Waals surface area (Å²) in [5.41, 5.74) is 1.98. The third kappa shape index (κ3) is 4.61. The molecule has 0 aliphatic carbocycles. The van der Waals surface area contributed by atoms with Crippen LogP contribution in [0, 0.1) is 11.3 Å². The average Bonchev–Trinajstić information content (AvgIpc) is 2.59. The van der Waals surface area contributed by atoms with Crippen LogP contribution in [0.15, 0.2) is 48.5 Å². The maximum Gasteiger partial charge on any atom is 0.245 e. The number of hydrogen-bond acceptors (Lipinski definition) is 4. The van der Waals surface area contributed by atoms with E-state index in [1.165, 1.54) is 0 Å². The quantitative estimate of drug-likeness (QED) is 0.845. The van der Waals surface area contributed by atoms with Crippen molar-refractivity contribution >= 4 is 27.3 Å². The summed E-state index contributed by atoms with van der Waals surface area (Å²) < 4.78 is 25.7. The lowest BCUT2D eigenvalue weighted by molar-refractivity contribution is -0.114. The van der Waals surface area contributed by atoms with Crippen LogP contribution >= 0.6 is 0 Å². The van der Waals surface area contributed by atoms with Gasteiger partial charge in [0.05, 0.1) is 23.2 Å². The van der Waals surface area contributed by atoms with Crippen LogP contribution in [0.2, 0.25) is 0 Å². The Kier molecular flexibility index (Phi) is 6.01.